The second-order valence-corrected chi connectivity index (χ2v) is 6.17. The van der Waals surface area contributed by atoms with Gasteiger partial charge in [0, 0.05) is 19.5 Å². The minimum atomic E-state index is -0.161. The van der Waals surface area contributed by atoms with E-state index in [-0.39, 0.29) is 23.2 Å². The minimum Gasteiger partial charge on any atom is -0.466 e. The number of nitrogens with zero attached hydrogens (tertiary/aromatic N) is 1. The fraction of sp³-hybridized carbons (Fsp3) is 0.857. The Morgan fingerprint density at radius 1 is 1.33 bits per heavy atom. The molecule has 0 N–H and O–H groups in total. The zero-order valence-electron chi connectivity index (χ0n) is 12.0. The Bertz CT molecular complexity index is 307. The zero-order valence-corrected chi connectivity index (χ0v) is 12.0. The molecule has 1 rings (SSSR count). The Morgan fingerprint density at radius 2 is 2.00 bits per heavy atom. The van der Waals surface area contributed by atoms with Gasteiger partial charge in [0.25, 0.3) is 0 Å². The third kappa shape index (κ3) is 4.67. The normalized spacial score (nSPS) is 20.7. The summed E-state index contributed by atoms with van der Waals surface area (Å²) < 4.78 is 5.03. The molecule has 0 radical (unpaired) electrons. The molecule has 0 aromatic carbocycles. The highest BCUT2D eigenvalue weighted by Gasteiger charge is 2.30. The van der Waals surface area contributed by atoms with E-state index < -0.39 is 0 Å². The first-order valence-electron chi connectivity index (χ1n) is 6.78. The maximum absolute atomic E-state index is 12.1. The predicted octanol–water partition coefficient (Wildman–Crippen LogP) is 2.22. The molecule has 1 aliphatic heterocycles. The molecule has 4 nitrogen and oxygen atoms in total. The van der Waals surface area contributed by atoms with Crippen LogP contribution in [0.5, 0.6) is 0 Å². The van der Waals surface area contributed by atoms with Crippen molar-refractivity contribution >= 4 is 11.9 Å². The van der Waals surface area contributed by atoms with Crippen molar-refractivity contribution in [2.75, 3.05) is 19.7 Å². The van der Waals surface area contributed by atoms with Crippen molar-refractivity contribution in [3.8, 4) is 0 Å². The van der Waals surface area contributed by atoms with Gasteiger partial charge in [-0.3, -0.25) is 9.59 Å². The molecule has 1 fully saturated rings. The van der Waals surface area contributed by atoms with E-state index in [9.17, 15) is 9.59 Å². The summed E-state index contributed by atoms with van der Waals surface area (Å²) in [5.41, 5.74) is -0.00600. The summed E-state index contributed by atoms with van der Waals surface area (Å²) in [7, 11) is 0. The molecule has 0 saturated carbocycles. The Kier molecular flexibility index (Phi) is 5.17. The quantitative estimate of drug-likeness (QED) is 0.726. The van der Waals surface area contributed by atoms with E-state index in [1.54, 1.807) is 0 Å². The summed E-state index contributed by atoms with van der Waals surface area (Å²) >= 11 is 0. The number of ether oxygens (including phenoxy) is 1. The molecule has 1 aliphatic rings. The van der Waals surface area contributed by atoms with Gasteiger partial charge in [0.1, 0.15) is 0 Å². The first-order chi connectivity index (χ1) is 8.33. The summed E-state index contributed by atoms with van der Waals surface area (Å²) in [6, 6.07) is 0. The van der Waals surface area contributed by atoms with Crippen molar-refractivity contribution in [2.24, 2.45) is 11.3 Å². The van der Waals surface area contributed by atoms with Crippen LogP contribution in [0, 0.1) is 11.3 Å². The van der Waals surface area contributed by atoms with Crippen LogP contribution in [0.25, 0.3) is 0 Å². The number of hydrogen-bond acceptors (Lipinski definition) is 3. The van der Waals surface area contributed by atoms with Crippen molar-refractivity contribution in [1.29, 1.82) is 0 Å². The van der Waals surface area contributed by atoms with E-state index in [1.807, 2.05) is 11.8 Å². The van der Waals surface area contributed by atoms with Gasteiger partial charge < -0.3 is 9.64 Å². The Labute approximate surface area is 110 Å². The van der Waals surface area contributed by atoms with Gasteiger partial charge in [0.15, 0.2) is 0 Å². The van der Waals surface area contributed by atoms with Gasteiger partial charge in [-0.15, -0.1) is 0 Å². The van der Waals surface area contributed by atoms with Crippen LogP contribution in [-0.4, -0.2) is 36.5 Å². The van der Waals surface area contributed by atoms with E-state index in [4.69, 9.17) is 4.74 Å². The van der Waals surface area contributed by atoms with Crippen LogP contribution in [0.15, 0.2) is 0 Å². The van der Waals surface area contributed by atoms with Gasteiger partial charge in [-0.1, -0.05) is 20.8 Å². The van der Waals surface area contributed by atoms with Crippen molar-refractivity contribution in [3.05, 3.63) is 0 Å². The maximum atomic E-state index is 12.1. The van der Waals surface area contributed by atoms with Crippen molar-refractivity contribution < 1.29 is 14.3 Å². The highest BCUT2D eigenvalue weighted by molar-refractivity contribution is 5.79. The van der Waals surface area contributed by atoms with Gasteiger partial charge >= 0.3 is 5.97 Å². The van der Waals surface area contributed by atoms with E-state index in [0.717, 1.165) is 19.4 Å². The third-order valence-electron chi connectivity index (χ3n) is 3.08. The fourth-order valence-corrected chi connectivity index (χ4v) is 2.22. The molecule has 0 spiro atoms. The van der Waals surface area contributed by atoms with Crippen molar-refractivity contribution in [3.63, 3.8) is 0 Å². The summed E-state index contributed by atoms with van der Waals surface area (Å²) in [4.78, 5) is 25.6. The first-order valence-corrected chi connectivity index (χ1v) is 6.78. The topological polar surface area (TPSA) is 46.6 Å². The van der Waals surface area contributed by atoms with Gasteiger partial charge in [-0.2, -0.15) is 0 Å². The smallest absolute Gasteiger partial charge is 0.310 e. The van der Waals surface area contributed by atoms with Crippen LogP contribution in [0.1, 0.15) is 47.0 Å². The molecule has 4 heteroatoms. The average molecular weight is 255 g/mol. The number of carbonyl (C=O) groups excluding carboxylic acids is 2. The van der Waals surface area contributed by atoms with Crippen molar-refractivity contribution in [1.82, 2.24) is 4.90 Å². The molecule has 0 aromatic heterocycles. The number of hydrogen-bond donors (Lipinski definition) is 0. The van der Waals surface area contributed by atoms with Crippen LogP contribution in [0.4, 0.5) is 0 Å². The Balaban J connectivity index is 2.53. The number of likely N-dealkylation sites (tertiary alicyclic amines) is 1. The van der Waals surface area contributed by atoms with Crippen LogP contribution in [-0.2, 0) is 14.3 Å². The zero-order chi connectivity index (χ0) is 13.8. The van der Waals surface area contributed by atoms with Crippen LogP contribution >= 0.6 is 0 Å². The van der Waals surface area contributed by atoms with Crippen LogP contribution < -0.4 is 0 Å². The van der Waals surface area contributed by atoms with Crippen LogP contribution in [0.3, 0.4) is 0 Å². The third-order valence-corrected chi connectivity index (χ3v) is 3.08. The molecule has 1 heterocycles. The van der Waals surface area contributed by atoms with Crippen molar-refractivity contribution in [2.45, 2.75) is 47.0 Å². The molecule has 0 bridgehead atoms. The predicted molar refractivity (Wildman–Crippen MR) is 70.0 cm³/mol. The van der Waals surface area contributed by atoms with Gasteiger partial charge in [0.2, 0.25) is 5.91 Å². The number of rotatable bonds is 3. The minimum absolute atomic E-state index is 0.00600. The molecule has 1 amide bonds. The lowest BCUT2D eigenvalue weighted by atomic mass is 9.90. The average Bonchev–Trinajstić information content (AvgIpc) is 2.27. The summed E-state index contributed by atoms with van der Waals surface area (Å²) in [5.74, 6) is -0.148. The lowest BCUT2D eigenvalue weighted by Gasteiger charge is -2.33. The molecule has 104 valence electrons. The number of piperidine rings is 1. The van der Waals surface area contributed by atoms with Gasteiger partial charge in [-0.25, -0.2) is 0 Å². The second-order valence-electron chi connectivity index (χ2n) is 6.17. The second kappa shape index (κ2) is 6.21. The molecule has 1 saturated heterocycles. The SMILES string of the molecule is CCOC(=O)C1CCCN(C(=O)CC(C)(C)C)C1. The molecule has 1 atom stereocenters. The van der Waals surface area contributed by atoms with E-state index in [0.29, 0.717) is 19.6 Å². The van der Waals surface area contributed by atoms with Gasteiger partial charge in [-0.05, 0) is 25.2 Å². The molecule has 1 unspecified atom stereocenters. The Morgan fingerprint density at radius 3 is 2.56 bits per heavy atom. The highest BCUT2D eigenvalue weighted by Crippen LogP contribution is 2.23. The van der Waals surface area contributed by atoms with E-state index >= 15 is 0 Å². The summed E-state index contributed by atoms with van der Waals surface area (Å²) in [5, 5.41) is 0. The van der Waals surface area contributed by atoms with E-state index in [1.165, 1.54) is 0 Å². The summed E-state index contributed by atoms with van der Waals surface area (Å²) in [6.07, 6.45) is 2.25. The lowest BCUT2D eigenvalue weighted by Crippen LogP contribution is -2.43. The number of esters is 1. The maximum Gasteiger partial charge on any atom is 0.310 e. The monoisotopic (exact) mass is 255 g/mol. The highest BCUT2D eigenvalue weighted by atomic mass is 16.5. The van der Waals surface area contributed by atoms with E-state index in [2.05, 4.69) is 20.8 Å². The van der Waals surface area contributed by atoms with Crippen LogP contribution in [0.2, 0.25) is 0 Å². The number of carbonyl (C=O) groups is 2. The standard InChI is InChI=1S/C14H25NO3/c1-5-18-13(17)11-7-6-8-15(10-11)12(16)9-14(2,3)4/h11H,5-10H2,1-4H3. The summed E-state index contributed by atoms with van der Waals surface area (Å²) in [6.45, 7) is 9.67. The first kappa shape index (κ1) is 15.0. The molecule has 0 aromatic rings. The lowest BCUT2D eigenvalue weighted by molar-refractivity contribution is -0.151. The fourth-order valence-electron chi connectivity index (χ4n) is 2.22. The molecular formula is C14H25NO3. The van der Waals surface area contributed by atoms with Gasteiger partial charge in [0.05, 0.1) is 12.5 Å². The molecular weight excluding hydrogens is 230 g/mol. The molecule has 18 heavy (non-hydrogen) atoms. The Hall–Kier alpha value is -1.06. The number of amides is 1. The largest absolute Gasteiger partial charge is 0.466 e. The molecule has 0 aliphatic carbocycles.